The van der Waals surface area contributed by atoms with E-state index in [0.29, 0.717) is 0 Å². The third kappa shape index (κ3) is 1.88. The van der Waals surface area contributed by atoms with Gasteiger partial charge in [-0.15, -0.1) is 0 Å². The van der Waals surface area contributed by atoms with Crippen LogP contribution in [0.4, 0.5) is 0 Å². The molecule has 3 rings (SSSR count). The molecule has 0 amide bonds. The lowest BCUT2D eigenvalue weighted by Gasteiger charge is -2.20. The molecule has 2 aliphatic rings. The molecule has 2 atom stereocenters. The van der Waals surface area contributed by atoms with E-state index in [-0.39, 0.29) is 6.10 Å². The molecule has 3 heteroatoms. The zero-order chi connectivity index (χ0) is 11.0. The fraction of sp³-hybridized carbons (Fsp3) is 0.769. The Labute approximate surface area is 96.8 Å². The minimum absolute atomic E-state index is 0.266. The Balaban J connectivity index is 1.80. The molecule has 2 aliphatic heterocycles. The van der Waals surface area contributed by atoms with Crippen molar-refractivity contribution in [2.75, 3.05) is 6.61 Å². The molecule has 1 saturated heterocycles. The Morgan fingerprint density at radius 1 is 1.38 bits per heavy atom. The van der Waals surface area contributed by atoms with E-state index in [9.17, 15) is 0 Å². The van der Waals surface area contributed by atoms with Gasteiger partial charge in [-0.05, 0) is 31.6 Å². The molecule has 0 bridgehead atoms. The van der Waals surface area contributed by atoms with E-state index < -0.39 is 0 Å². The molecule has 88 valence electrons. The Morgan fingerprint density at radius 2 is 2.31 bits per heavy atom. The number of hydrogen-bond donors (Lipinski definition) is 0. The Kier molecular flexibility index (Phi) is 2.72. The van der Waals surface area contributed by atoms with Crippen LogP contribution in [-0.4, -0.2) is 16.2 Å². The van der Waals surface area contributed by atoms with Gasteiger partial charge in [-0.3, -0.25) is 0 Å². The van der Waals surface area contributed by atoms with Crippen LogP contribution in [0.25, 0.3) is 0 Å². The number of ether oxygens (including phenoxy) is 1. The van der Waals surface area contributed by atoms with E-state index in [1.54, 1.807) is 0 Å². The van der Waals surface area contributed by atoms with Crippen LogP contribution in [-0.2, 0) is 17.7 Å². The van der Waals surface area contributed by atoms with Crippen molar-refractivity contribution in [3.63, 3.8) is 0 Å². The smallest absolute Gasteiger partial charge is 0.109 e. The minimum Gasteiger partial charge on any atom is -0.372 e. The normalized spacial score (nSPS) is 30.1. The summed E-state index contributed by atoms with van der Waals surface area (Å²) in [6, 6.07) is 0. The van der Waals surface area contributed by atoms with Crippen LogP contribution in [0.2, 0.25) is 0 Å². The number of aryl methyl sites for hydroxylation is 1. The van der Waals surface area contributed by atoms with E-state index in [1.807, 2.05) is 0 Å². The molecule has 1 aromatic heterocycles. The van der Waals surface area contributed by atoms with Crippen molar-refractivity contribution in [2.45, 2.75) is 51.7 Å². The van der Waals surface area contributed by atoms with Crippen molar-refractivity contribution >= 4 is 0 Å². The second kappa shape index (κ2) is 4.21. The van der Waals surface area contributed by atoms with Gasteiger partial charge in [-0.25, -0.2) is 4.98 Å². The third-order valence-corrected chi connectivity index (χ3v) is 3.78. The monoisotopic (exact) mass is 220 g/mol. The van der Waals surface area contributed by atoms with Gasteiger partial charge in [0.1, 0.15) is 11.9 Å². The third-order valence-electron chi connectivity index (χ3n) is 3.78. The van der Waals surface area contributed by atoms with Crippen molar-refractivity contribution in [2.24, 2.45) is 5.92 Å². The number of rotatable bonds is 1. The summed E-state index contributed by atoms with van der Waals surface area (Å²) in [6.07, 6.45) is 8.54. The van der Waals surface area contributed by atoms with Crippen LogP contribution < -0.4 is 0 Å². The maximum absolute atomic E-state index is 5.79. The summed E-state index contributed by atoms with van der Waals surface area (Å²) in [5.74, 6) is 2.05. The number of hydrogen-bond acceptors (Lipinski definition) is 2. The lowest BCUT2D eigenvalue weighted by Crippen LogP contribution is -2.16. The molecular formula is C13H20N2O. The summed E-state index contributed by atoms with van der Waals surface area (Å²) >= 11 is 0. The van der Waals surface area contributed by atoms with Crippen LogP contribution >= 0.6 is 0 Å². The molecule has 0 radical (unpaired) electrons. The highest BCUT2D eigenvalue weighted by atomic mass is 16.5. The second-order valence-electron chi connectivity index (χ2n) is 5.23. The van der Waals surface area contributed by atoms with Crippen molar-refractivity contribution in [1.29, 1.82) is 0 Å². The van der Waals surface area contributed by atoms with Gasteiger partial charge < -0.3 is 9.30 Å². The lowest BCUT2D eigenvalue weighted by atomic mass is 10.0. The van der Waals surface area contributed by atoms with Crippen molar-refractivity contribution in [3.05, 3.63) is 17.7 Å². The Morgan fingerprint density at radius 3 is 3.12 bits per heavy atom. The molecule has 0 aliphatic carbocycles. The zero-order valence-corrected chi connectivity index (χ0v) is 9.98. The van der Waals surface area contributed by atoms with Crippen LogP contribution in [0.5, 0.6) is 0 Å². The number of nitrogens with zero attached hydrogens (tertiary/aromatic N) is 2. The van der Waals surface area contributed by atoms with E-state index in [4.69, 9.17) is 9.72 Å². The molecule has 0 spiro atoms. The molecule has 2 unspecified atom stereocenters. The van der Waals surface area contributed by atoms with Crippen LogP contribution in [0.15, 0.2) is 6.20 Å². The summed E-state index contributed by atoms with van der Waals surface area (Å²) < 4.78 is 8.12. The van der Waals surface area contributed by atoms with Gasteiger partial charge in [0.05, 0.1) is 5.69 Å². The maximum Gasteiger partial charge on any atom is 0.109 e. The zero-order valence-electron chi connectivity index (χ0n) is 9.98. The van der Waals surface area contributed by atoms with Crippen molar-refractivity contribution in [1.82, 2.24) is 9.55 Å². The summed E-state index contributed by atoms with van der Waals surface area (Å²) in [4.78, 5) is 4.76. The molecule has 3 heterocycles. The molecule has 0 N–H and O–H groups in total. The molecule has 0 aromatic carbocycles. The van der Waals surface area contributed by atoms with Gasteiger partial charge in [-0.2, -0.15) is 0 Å². The summed E-state index contributed by atoms with van der Waals surface area (Å²) in [7, 11) is 0. The van der Waals surface area contributed by atoms with Gasteiger partial charge in [0.2, 0.25) is 0 Å². The average Bonchev–Trinajstić information content (AvgIpc) is 2.73. The van der Waals surface area contributed by atoms with Gasteiger partial charge in [0, 0.05) is 25.8 Å². The lowest BCUT2D eigenvalue weighted by molar-refractivity contribution is 0.0124. The number of fused-ring (bicyclic) bond motifs is 1. The van der Waals surface area contributed by atoms with Gasteiger partial charge in [0.25, 0.3) is 0 Å². The first-order valence-electron chi connectivity index (χ1n) is 6.50. The Bertz CT molecular complexity index is 366. The van der Waals surface area contributed by atoms with Crippen LogP contribution in [0.1, 0.15) is 50.2 Å². The van der Waals surface area contributed by atoms with Gasteiger partial charge >= 0.3 is 0 Å². The van der Waals surface area contributed by atoms with Gasteiger partial charge in [-0.1, -0.05) is 6.92 Å². The highest BCUT2D eigenvalue weighted by Crippen LogP contribution is 2.29. The average molecular weight is 220 g/mol. The molecular weight excluding hydrogens is 200 g/mol. The molecule has 1 fully saturated rings. The minimum atomic E-state index is 0.266. The van der Waals surface area contributed by atoms with E-state index >= 15 is 0 Å². The Hall–Kier alpha value is -0.830. The van der Waals surface area contributed by atoms with Crippen molar-refractivity contribution in [3.8, 4) is 0 Å². The van der Waals surface area contributed by atoms with E-state index in [1.165, 1.54) is 30.8 Å². The number of imidazole rings is 1. The fourth-order valence-corrected chi connectivity index (χ4v) is 2.74. The fourth-order valence-electron chi connectivity index (χ4n) is 2.74. The first kappa shape index (κ1) is 10.3. The predicted molar refractivity (Wildman–Crippen MR) is 62.3 cm³/mol. The first-order valence-corrected chi connectivity index (χ1v) is 6.50. The highest BCUT2D eigenvalue weighted by Gasteiger charge is 2.23. The molecule has 3 nitrogen and oxygen atoms in total. The molecule has 1 aromatic rings. The van der Waals surface area contributed by atoms with Gasteiger partial charge in [0.15, 0.2) is 0 Å². The summed E-state index contributed by atoms with van der Waals surface area (Å²) in [6.45, 7) is 4.36. The summed E-state index contributed by atoms with van der Waals surface area (Å²) in [5.41, 5.74) is 1.17. The quantitative estimate of drug-likeness (QED) is 0.727. The first-order chi connectivity index (χ1) is 7.83. The molecule has 16 heavy (non-hydrogen) atoms. The summed E-state index contributed by atoms with van der Waals surface area (Å²) in [5, 5.41) is 0. The number of aromatic nitrogens is 2. The SMILES string of the molecule is CC1CCn2cc(C3CCCCO3)nc2C1. The predicted octanol–water partition coefficient (Wildman–Crippen LogP) is 2.71. The topological polar surface area (TPSA) is 27.1 Å². The molecule has 0 saturated carbocycles. The van der Waals surface area contributed by atoms with E-state index in [0.717, 1.165) is 31.9 Å². The maximum atomic E-state index is 5.79. The largest absolute Gasteiger partial charge is 0.372 e. The standard InChI is InChI=1S/C13H20N2O/c1-10-5-6-15-9-11(14-13(15)8-10)12-4-2-3-7-16-12/h9-10,12H,2-8H2,1H3. The van der Waals surface area contributed by atoms with Crippen LogP contribution in [0.3, 0.4) is 0 Å². The van der Waals surface area contributed by atoms with Crippen molar-refractivity contribution < 1.29 is 4.74 Å². The second-order valence-corrected chi connectivity index (χ2v) is 5.23. The highest BCUT2D eigenvalue weighted by molar-refractivity contribution is 5.10. The van der Waals surface area contributed by atoms with E-state index in [2.05, 4.69) is 17.7 Å². The van der Waals surface area contributed by atoms with Crippen LogP contribution in [0, 0.1) is 5.92 Å².